The van der Waals surface area contributed by atoms with Crippen LogP contribution in [0.4, 0.5) is 0 Å². The summed E-state index contributed by atoms with van der Waals surface area (Å²) >= 11 is 0. The Morgan fingerprint density at radius 1 is 1.50 bits per heavy atom. The second-order valence-electron chi connectivity index (χ2n) is 4.34. The lowest BCUT2D eigenvalue weighted by atomic mass is 9.71. The zero-order valence-electron chi connectivity index (χ0n) is 7.88. The topological polar surface area (TPSA) is 35.2 Å². The van der Waals surface area contributed by atoms with E-state index in [0.29, 0.717) is 17.6 Å². The molecule has 2 saturated heterocycles. The van der Waals surface area contributed by atoms with Gasteiger partial charge in [0.05, 0.1) is 12.2 Å². The summed E-state index contributed by atoms with van der Waals surface area (Å²) in [7, 11) is 0. The lowest BCUT2D eigenvalue weighted by Gasteiger charge is -2.33. The van der Waals surface area contributed by atoms with Gasteiger partial charge in [0.15, 0.2) is 0 Å². The zero-order valence-corrected chi connectivity index (χ0v) is 7.88. The molecule has 0 aliphatic carbocycles. The highest BCUT2D eigenvalue weighted by molar-refractivity contribution is 5.00. The maximum Gasteiger partial charge on any atom is 0.0649 e. The third kappa shape index (κ3) is 1.09. The van der Waals surface area contributed by atoms with E-state index in [1.54, 1.807) is 0 Å². The SMILES string of the molecule is CCCC1(CN)CC2CCC1O2. The molecule has 2 heteroatoms. The normalized spacial score (nSPS) is 45.5. The van der Waals surface area contributed by atoms with Crippen LogP contribution in [0.3, 0.4) is 0 Å². The van der Waals surface area contributed by atoms with Gasteiger partial charge >= 0.3 is 0 Å². The van der Waals surface area contributed by atoms with Crippen molar-refractivity contribution < 1.29 is 4.74 Å². The van der Waals surface area contributed by atoms with Crippen LogP contribution in [0.15, 0.2) is 0 Å². The molecule has 0 amide bonds. The average molecular weight is 169 g/mol. The Balaban J connectivity index is 2.08. The average Bonchev–Trinajstić information content (AvgIpc) is 2.64. The van der Waals surface area contributed by atoms with Crippen molar-refractivity contribution in [2.45, 2.75) is 51.2 Å². The van der Waals surface area contributed by atoms with Crippen molar-refractivity contribution in [1.82, 2.24) is 0 Å². The van der Waals surface area contributed by atoms with Crippen molar-refractivity contribution in [1.29, 1.82) is 0 Å². The van der Waals surface area contributed by atoms with Crippen molar-refractivity contribution >= 4 is 0 Å². The van der Waals surface area contributed by atoms with Crippen LogP contribution in [0.25, 0.3) is 0 Å². The van der Waals surface area contributed by atoms with Gasteiger partial charge in [0, 0.05) is 12.0 Å². The minimum absolute atomic E-state index is 0.359. The first kappa shape index (κ1) is 8.52. The van der Waals surface area contributed by atoms with E-state index in [1.807, 2.05) is 0 Å². The fraction of sp³-hybridized carbons (Fsp3) is 1.00. The fourth-order valence-corrected chi connectivity index (χ4v) is 2.97. The Morgan fingerprint density at radius 3 is 2.75 bits per heavy atom. The molecule has 0 aromatic rings. The molecule has 2 aliphatic heterocycles. The summed E-state index contributed by atoms with van der Waals surface area (Å²) < 4.78 is 5.85. The Kier molecular flexibility index (Phi) is 2.13. The molecule has 2 nitrogen and oxygen atoms in total. The van der Waals surface area contributed by atoms with Crippen molar-refractivity contribution in [2.24, 2.45) is 11.1 Å². The van der Waals surface area contributed by atoms with Crippen molar-refractivity contribution in [3.63, 3.8) is 0 Å². The van der Waals surface area contributed by atoms with Crippen LogP contribution >= 0.6 is 0 Å². The van der Waals surface area contributed by atoms with Crippen LogP contribution in [0, 0.1) is 5.41 Å². The van der Waals surface area contributed by atoms with Gasteiger partial charge < -0.3 is 10.5 Å². The first-order valence-electron chi connectivity index (χ1n) is 5.16. The molecule has 2 fully saturated rings. The van der Waals surface area contributed by atoms with Crippen LogP contribution in [0.1, 0.15) is 39.0 Å². The van der Waals surface area contributed by atoms with Gasteiger partial charge in [0.1, 0.15) is 0 Å². The Labute approximate surface area is 74.5 Å². The van der Waals surface area contributed by atoms with E-state index in [1.165, 1.54) is 32.1 Å². The van der Waals surface area contributed by atoms with Gasteiger partial charge in [-0.05, 0) is 25.7 Å². The number of hydrogen-bond donors (Lipinski definition) is 1. The van der Waals surface area contributed by atoms with Crippen molar-refractivity contribution in [2.75, 3.05) is 6.54 Å². The standard InChI is InChI=1S/C10H19NO/c1-2-5-10(7-11)6-8-3-4-9(10)12-8/h8-9H,2-7,11H2,1H3. The van der Waals surface area contributed by atoms with Crippen molar-refractivity contribution in [3.05, 3.63) is 0 Å². The third-order valence-electron chi connectivity index (χ3n) is 3.58. The second kappa shape index (κ2) is 3.00. The molecule has 0 radical (unpaired) electrons. The molecule has 2 rings (SSSR count). The maximum absolute atomic E-state index is 5.86. The number of hydrogen-bond acceptors (Lipinski definition) is 2. The molecule has 3 atom stereocenters. The van der Waals surface area contributed by atoms with Gasteiger partial charge in [-0.15, -0.1) is 0 Å². The molecular weight excluding hydrogens is 150 g/mol. The van der Waals surface area contributed by atoms with E-state index in [4.69, 9.17) is 10.5 Å². The molecule has 70 valence electrons. The quantitative estimate of drug-likeness (QED) is 0.697. The monoisotopic (exact) mass is 169 g/mol. The molecule has 2 aliphatic rings. The highest BCUT2D eigenvalue weighted by Gasteiger charge is 2.50. The predicted octanol–water partition coefficient (Wildman–Crippen LogP) is 1.68. The summed E-state index contributed by atoms with van der Waals surface area (Å²) in [6, 6.07) is 0. The summed E-state index contributed by atoms with van der Waals surface area (Å²) in [5.41, 5.74) is 6.22. The molecule has 2 N–H and O–H groups in total. The molecule has 0 aromatic heterocycles. The molecule has 12 heavy (non-hydrogen) atoms. The van der Waals surface area contributed by atoms with E-state index in [-0.39, 0.29) is 0 Å². The van der Waals surface area contributed by atoms with Crippen LogP contribution in [0.5, 0.6) is 0 Å². The van der Waals surface area contributed by atoms with E-state index < -0.39 is 0 Å². The lowest BCUT2D eigenvalue weighted by molar-refractivity contribution is 0.0596. The van der Waals surface area contributed by atoms with Crippen LogP contribution in [0.2, 0.25) is 0 Å². The zero-order chi connectivity index (χ0) is 8.60. The van der Waals surface area contributed by atoms with E-state index in [9.17, 15) is 0 Å². The minimum atomic E-state index is 0.359. The molecule has 3 unspecified atom stereocenters. The predicted molar refractivity (Wildman–Crippen MR) is 48.9 cm³/mol. The molecule has 0 spiro atoms. The molecular formula is C10H19NO. The highest BCUT2D eigenvalue weighted by atomic mass is 16.5. The Hall–Kier alpha value is -0.0800. The van der Waals surface area contributed by atoms with Gasteiger partial charge in [-0.25, -0.2) is 0 Å². The van der Waals surface area contributed by atoms with Gasteiger partial charge in [0.25, 0.3) is 0 Å². The largest absolute Gasteiger partial charge is 0.374 e. The van der Waals surface area contributed by atoms with Gasteiger partial charge in [-0.2, -0.15) is 0 Å². The summed E-state index contributed by atoms with van der Waals surface area (Å²) in [5, 5.41) is 0. The van der Waals surface area contributed by atoms with E-state index in [2.05, 4.69) is 6.92 Å². The van der Waals surface area contributed by atoms with Crippen LogP contribution in [-0.4, -0.2) is 18.8 Å². The number of ether oxygens (including phenoxy) is 1. The smallest absolute Gasteiger partial charge is 0.0649 e. The van der Waals surface area contributed by atoms with Gasteiger partial charge in [0.2, 0.25) is 0 Å². The third-order valence-corrected chi connectivity index (χ3v) is 3.58. The summed E-state index contributed by atoms with van der Waals surface area (Å²) in [6.45, 7) is 3.06. The van der Waals surface area contributed by atoms with E-state index >= 15 is 0 Å². The first-order chi connectivity index (χ1) is 5.80. The molecule has 0 saturated carbocycles. The van der Waals surface area contributed by atoms with Crippen molar-refractivity contribution in [3.8, 4) is 0 Å². The summed E-state index contributed by atoms with van der Waals surface area (Å²) in [5.74, 6) is 0. The summed E-state index contributed by atoms with van der Waals surface area (Å²) in [6.07, 6.45) is 7.28. The van der Waals surface area contributed by atoms with Crippen LogP contribution < -0.4 is 5.73 Å². The Bertz CT molecular complexity index is 171. The van der Waals surface area contributed by atoms with Gasteiger partial charge in [-0.3, -0.25) is 0 Å². The first-order valence-corrected chi connectivity index (χ1v) is 5.16. The summed E-state index contributed by atoms with van der Waals surface area (Å²) in [4.78, 5) is 0. The maximum atomic E-state index is 5.86. The molecule has 2 heterocycles. The highest BCUT2D eigenvalue weighted by Crippen LogP contribution is 2.49. The molecule has 2 bridgehead atoms. The second-order valence-corrected chi connectivity index (χ2v) is 4.34. The minimum Gasteiger partial charge on any atom is -0.374 e. The lowest BCUT2D eigenvalue weighted by Crippen LogP contribution is -2.39. The number of fused-ring (bicyclic) bond motifs is 2. The molecule has 0 aromatic carbocycles. The number of rotatable bonds is 3. The van der Waals surface area contributed by atoms with E-state index in [0.717, 1.165) is 6.54 Å². The number of nitrogens with two attached hydrogens (primary N) is 1. The Morgan fingerprint density at radius 2 is 2.33 bits per heavy atom. The van der Waals surface area contributed by atoms with Crippen LogP contribution in [-0.2, 0) is 4.74 Å². The van der Waals surface area contributed by atoms with Gasteiger partial charge in [-0.1, -0.05) is 13.3 Å². The fourth-order valence-electron chi connectivity index (χ4n) is 2.97.